The van der Waals surface area contributed by atoms with Crippen LogP contribution in [0.3, 0.4) is 0 Å². The van der Waals surface area contributed by atoms with E-state index in [1.807, 2.05) is 30.3 Å². The number of hydrogen-bond donors (Lipinski definition) is 1. The summed E-state index contributed by atoms with van der Waals surface area (Å²) in [6, 6.07) is 15.8. The van der Waals surface area contributed by atoms with Crippen LogP contribution in [0.2, 0.25) is 0 Å². The van der Waals surface area contributed by atoms with Gasteiger partial charge in [-0.15, -0.1) is 0 Å². The number of nitrogens with zero attached hydrogens (tertiary/aromatic N) is 4. The van der Waals surface area contributed by atoms with Crippen LogP contribution < -0.4 is 16.6 Å². The Morgan fingerprint density at radius 1 is 1.00 bits per heavy atom. The highest BCUT2D eigenvalue weighted by Gasteiger charge is 2.20. The number of nitrogens with one attached hydrogen (secondary N) is 1. The number of thioether (sulfide) groups is 1. The van der Waals surface area contributed by atoms with E-state index >= 15 is 0 Å². The first-order chi connectivity index (χ1) is 16.4. The van der Waals surface area contributed by atoms with Crippen molar-refractivity contribution in [3.05, 3.63) is 86.8 Å². The van der Waals surface area contributed by atoms with Crippen LogP contribution in [-0.2, 0) is 25.3 Å². The normalized spacial score (nSPS) is 11.0. The van der Waals surface area contributed by atoms with Crippen LogP contribution in [0, 0.1) is 5.82 Å². The average Bonchev–Trinajstić information content (AvgIpc) is 2.85. The second kappa shape index (κ2) is 10.0. The Hall–Kier alpha value is -3.79. The predicted molar refractivity (Wildman–Crippen MR) is 129 cm³/mol. The van der Waals surface area contributed by atoms with Gasteiger partial charge in [0, 0.05) is 20.6 Å². The molecule has 2 aromatic carbocycles. The van der Waals surface area contributed by atoms with Crippen LogP contribution in [0.4, 0.5) is 4.39 Å². The molecule has 0 atom stereocenters. The number of hydrogen-bond acceptors (Lipinski definition) is 6. The number of fused-ring (bicyclic) bond motifs is 1. The van der Waals surface area contributed by atoms with Crippen molar-refractivity contribution in [1.82, 2.24) is 24.4 Å². The fraction of sp³-hybridized carbons (Fsp3) is 0.208. The zero-order chi connectivity index (χ0) is 24.2. The number of amides is 1. The highest BCUT2D eigenvalue weighted by molar-refractivity contribution is 8.00. The predicted octanol–water partition coefficient (Wildman–Crippen LogP) is 2.28. The van der Waals surface area contributed by atoms with Crippen LogP contribution in [0.25, 0.3) is 22.4 Å². The second-order valence-electron chi connectivity index (χ2n) is 7.61. The van der Waals surface area contributed by atoms with E-state index in [-0.39, 0.29) is 39.1 Å². The van der Waals surface area contributed by atoms with Crippen LogP contribution >= 0.6 is 11.8 Å². The highest BCUT2D eigenvalue weighted by atomic mass is 32.2. The third-order valence-corrected chi connectivity index (χ3v) is 6.28. The molecule has 0 radical (unpaired) electrons. The zero-order valence-electron chi connectivity index (χ0n) is 18.6. The topological polar surface area (TPSA) is 98.9 Å². The lowest BCUT2D eigenvalue weighted by Gasteiger charge is -2.12. The first-order valence-corrected chi connectivity index (χ1v) is 11.5. The molecule has 0 aliphatic heterocycles. The van der Waals surface area contributed by atoms with E-state index in [2.05, 4.69) is 15.3 Å². The summed E-state index contributed by atoms with van der Waals surface area (Å²) in [6.07, 6.45) is 0.688. The molecule has 0 spiro atoms. The summed E-state index contributed by atoms with van der Waals surface area (Å²) < 4.78 is 16.6. The summed E-state index contributed by atoms with van der Waals surface area (Å²) >= 11 is 1.04. The molecular formula is C24H22FN5O3S. The van der Waals surface area contributed by atoms with Gasteiger partial charge in [0.1, 0.15) is 16.2 Å². The molecular weight excluding hydrogens is 457 g/mol. The Morgan fingerprint density at radius 3 is 2.44 bits per heavy atom. The van der Waals surface area contributed by atoms with Gasteiger partial charge in [-0.1, -0.05) is 54.2 Å². The molecule has 10 heteroatoms. The number of aryl methyl sites for hydroxylation is 1. The molecule has 4 aromatic rings. The van der Waals surface area contributed by atoms with E-state index in [4.69, 9.17) is 0 Å². The molecule has 34 heavy (non-hydrogen) atoms. The van der Waals surface area contributed by atoms with Crippen molar-refractivity contribution in [3.8, 4) is 11.4 Å². The highest BCUT2D eigenvalue weighted by Crippen LogP contribution is 2.27. The summed E-state index contributed by atoms with van der Waals surface area (Å²) in [7, 11) is 2.84. The summed E-state index contributed by atoms with van der Waals surface area (Å²) in [5.41, 5.74) is 0.173. The number of halogens is 1. The SMILES string of the molecule is Cn1c(=O)c2c(SCC(=O)NCCc3ccccc3)nc(-c3ccccc3F)nc2n(C)c1=O. The third kappa shape index (κ3) is 4.76. The largest absolute Gasteiger partial charge is 0.355 e. The fourth-order valence-electron chi connectivity index (χ4n) is 3.47. The molecule has 0 bridgehead atoms. The van der Waals surface area contributed by atoms with Gasteiger partial charge >= 0.3 is 5.69 Å². The van der Waals surface area contributed by atoms with Gasteiger partial charge in [0.25, 0.3) is 5.56 Å². The first kappa shape index (κ1) is 23.4. The number of carbonyl (C=O) groups excluding carboxylic acids is 1. The van der Waals surface area contributed by atoms with Gasteiger partial charge in [-0.05, 0) is 24.1 Å². The van der Waals surface area contributed by atoms with E-state index in [0.29, 0.717) is 13.0 Å². The number of benzene rings is 2. The zero-order valence-corrected chi connectivity index (χ0v) is 19.4. The molecule has 0 saturated carbocycles. The fourth-order valence-corrected chi connectivity index (χ4v) is 4.32. The maximum atomic E-state index is 14.4. The van der Waals surface area contributed by atoms with E-state index in [1.165, 1.54) is 30.8 Å². The van der Waals surface area contributed by atoms with Gasteiger partial charge in [-0.3, -0.25) is 18.7 Å². The van der Waals surface area contributed by atoms with E-state index < -0.39 is 17.1 Å². The molecule has 0 aliphatic rings. The maximum absolute atomic E-state index is 14.4. The Labute approximate surface area is 198 Å². The summed E-state index contributed by atoms with van der Waals surface area (Å²) in [4.78, 5) is 46.5. The number of carbonyl (C=O) groups is 1. The average molecular weight is 480 g/mol. The van der Waals surface area contributed by atoms with Gasteiger partial charge in [-0.25, -0.2) is 19.2 Å². The smallest absolute Gasteiger partial charge is 0.332 e. The van der Waals surface area contributed by atoms with Crippen molar-refractivity contribution >= 4 is 28.7 Å². The van der Waals surface area contributed by atoms with Crippen LogP contribution in [-0.4, -0.2) is 37.3 Å². The molecule has 0 unspecified atom stereocenters. The molecule has 2 heterocycles. The molecule has 8 nitrogen and oxygen atoms in total. The number of rotatable bonds is 7. The molecule has 2 aromatic heterocycles. The lowest BCUT2D eigenvalue weighted by Crippen LogP contribution is -2.37. The van der Waals surface area contributed by atoms with Crippen LogP contribution in [0.15, 0.2) is 69.2 Å². The van der Waals surface area contributed by atoms with Gasteiger partial charge in [-0.2, -0.15) is 0 Å². The van der Waals surface area contributed by atoms with Crippen molar-refractivity contribution in [2.75, 3.05) is 12.3 Å². The standard InChI is InChI=1S/C24H22FN5O3S/c1-29-21-19(23(32)30(2)24(29)33)22(28-20(27-21)16-10-6-7-11-17(16)25)34-14-18(31)26-13-12-15-8-4-3-5-9-15/h3-11H,12-14H2,1-2H3,(H,26,31). The number of aromatic nitrogens is 4. The molecule has 0 fully saturated rings. The Balaban J connectivity index is 1.65. The van der Waals surface area contributed by atoms with Crippen LogP contribution in [0.1, 0.15) is 5.56 Å². The van der Waals surface area contributed by atoms with Gasteiger partial charge in [0.2, 0.25) is 5.91 Å². The lowest BCUT2D eigenvalue weighted by atomic mass is 10.1. The Kier molecular flexibility index (Phi) is 6.87. The minimum absolute atomic E-state index is 0.0103. The summed E-state index contributed by atoms with van der Waals surface area (Å²) in [5, 5.41) is 3.16. The molecule has 1 N–H and O–H groups in total. The maximum Gasteiger partial charge on any atom is 0.332 e. The van der Waals surface area contributed by atoms with Crippen LogP contribution in [0.5, 0.6) is 0 Å². The van der Waals surface area contributed by atoms with E-state index in [9.17, 15) is 18.8 Å². The van der Waals surface area contributed by atoms with Gasteiger partial charge < -0.3 is 5.32 Å². The van der Waals surface area contributed by atoms with E-state index in [1.54, 1.807) is 12.1 Å². The Bertz CT molecular complexity index is 1480. The van der Waals surface area contributed by atoms with Crippen molar-refractivity contribution in [2.45, 2.75) is 11.4 Å². The summed E-state index contributed by atoms with van der Waals surface area (Å²) in [5.74, 6) is -0.753. The Morgan fingerprint density at radius 2 is 1.71 bits per heavy atom. The summed E-state index contributed by atoms with van der Waals surface area (Å²) in [6.45, 7) is 0.463. The minimum atomic E-state index is -0.579. The van der Waals surface area contributed by atoms with Crippen molar-refractivity contribution in [3.63, 3.8) is 0 Å². The van der Waals surface area contributed by atoms with Gasteiger partial charge in [0.05, 0.1) is 11.3 Å². The van der Waals surface area contributed by atoms with Crippen molar-refractivity contribution in [2.24, 2.45) is 14.1 Å². The van der Waals surface area contributed by atoms with Crippen molar-refractivity contribution < 1.29 is 9.18 Å². The monoisotopic (exact) mass is 479 g/mol. The molecule has 1 amide bonds. The van der Waals surface area contributed by atoms with Crippen molar-refractivity contribution in [1.29, 1.82) is 0 Å². The molecule has 0 saturated heterocycles. The van der Waals surface area contributed by atoms with E-state index in [0.717, 1.165) is 21.9 Å². The molecule has 0 aliphatic carbocycles. The third-order valence-electron chi connectivity index (χ3n) is 5.30. The minimum Gasteiger partial charge on any atom is -0.355 e. The quantitative estimate of drug-likeness (QED) is 0.323. The second-order valence-corrected chi connectivity index (χ2v) is 8.57. The molecule has 4 rings (SSSR count). The first-order valence-electron chi connectivity index (χ1n) is 10.5. The van der Waals surface area contributed by atoms with Gasteiger partial charge in [0.15, 0.2) is 11.5 Å². The molecule has 174 valence electrons. The lowest BCUT2D eigenvalue weighted by molar-refractivity contribution is -0.118.